The molecule has 5 rings (SSSR count). The molecule has 0 atom stereocenters. The summed E-state index contributed by atoms with van der Waals surface area (Å²) in [6.45, 7) is 6.46. The first-order chi connectivity index (χ1) is 16.9. The van der Waals surface area contributed by atoms with Crippen LogP contribution in [0.15, 0.2) is 60.7 Å². The van der Waals surface area contributed by atoms with Crippen molar-refractivity contribution in [2.45, 2.75) is 13.5 Å². The van der Waals surface area contributed by atoms with Crippen molar-refractivity contribution in [1.82, 2.24) is 14.8 Å². The van der Waals surface area contributed by atoms with E-state index in [2.05, 4.69) is 40.2 Å². The van der Waals surface area contributed by atoms with Crippen LogP contribution in [0.4, 0.5) is 10.1 Å². The first kappa shape index (κ1) is 23.9. The van der Waals surface area contributed by atoms with Gasteiger partial charge in [0, 0.05) is 44.0 Å². The summed E-state index contributed by atoms with van der Waals surface area (Å²) in [5, 5.41) is 4.13. The van der Waals surface area contributed by atoms with Gasteiger partial charge in [-0.1, -0.05) is 23.7 Å². The second-order valence-corrected chi connectivity index (χ2v) is 10.4. The van der Waals surface area contributed by atoms with Crippen LogP contribution >= 0.6 is 22.9 Å². The maximum Gasteiger partial charge on any atom is 0.238 e. The van der Waals surface area contributed by atoms with Crippen molar-refractivity contribution in [3.63, 3.8) is 0 Å². The van der Waals surface area contributed by atoms with Gasteiger partial charge in [-0.25, -0.2) is 9.37 Å². The predicted octanol–water partition coefficient (Wildman–Crippen LogP) is 5.82. The summed E-state index contributed by atoms with van der Waals surface area (Å²) >= 11 is 7.57. The normalized spacial score (nSPS) is 14.9. The number of anilines is 1. The zero-order valence-corrected chi connectivity index (χ0v) is 21.0. The molecule has 5 nitrogen and oxygen atoms in total. The minimum absolute atomic E-state index is 0.0213. The Morgan fingerprint density at radius 1 is 1.03 bits per heavy atom. The van der Waals surface area contributed by atoms with Crippen LogP contribution in [0.5, 0.6) is 0 Å². The average Bonchev–Trinajstić information content (AvgIpc) is 3.26. The van der Waals surface area contributed by atoms with Gasteiger partial charge in [-0.2, -0.15) is 0 Å². The molecular weight excluding hydrogens is 483 g/mol. The van der Waals surface area contributed by atoms with Gasteiger partial charge in [0.1, 0.15) is 10.8 Å². The standard InChI is InChI=1S/C27H26ClFN4OS/c1-18-2-9-24-25(14-18)35-27(31-24)20-4-6-21(7-5-20)30-26(34)17-33-12-10-32(11-13-33)16-19-3-8-23(29)22(28)15-19/h2-9,14-15H,10-13,16-17H2,1H3,(H,30,34). The molecule has 0 saturated carbocycles. The number of amides is 1. The van der Waals surface area contributed by atoms with E-state index in [1.54, 1.807) is 23.5 Å². The molecule has 2 heterocycles. The van der Waals surface area contributed by atoms with E-state index in [1.807, 2.05) is 24.3 Å². The molecule has 4 aromatic rings. The number of rotatable bonds is 6. The van der Waals surface area contributed by atoms with E-state index < -0.39 is 5.82 Å². The number of fused-ring (bicyclic) bond motifs is 1. The maximum atomic E-state index is 13.4. The van der Waals surface area contributed by atoms with Crippen LogP contribution in [0.1, 0.15) is 11.1 Å². The lowest BCUT2D eigenvalue weighted by Crippen LogP contribution is -2.48. The van der Waals surface area contributed by atoms with Gasteiger partial charge in [-0.15, -0.1) is 11.3 Å². The first-order valence-corrected chi connectivity index (χ1v) is 12.8. The maximum absolute atomic E-state index is 13.4. The third-order valence-electron chi connectivity index (χ3n) is 6.18. The third-order valence-corrected chi connectivity index (χ3v) is 7.54. The van der Waals surface area contributed by atoms with E-state index >= 15 is 0 Å². The number of piperazine rings is 1. The van der Waals surface area contributed by atoms with Gasteiger partial charge < -0.3 is 5.32 Å². The fourth-order valence-corrected chi connectivity index (χ4v) is 5.53. The van der Waals surface area contributed by atoms with Crippen LogP contribution in [-0.4, -0.2) is 53.4 Å². The van der Waals surface area contributed by atoms with Crippen LogP contribution in [0.3, 0.4) is 0 Å². The zero-order chi connectivity index (χ0) is 24.4. The molecule has 0 bridgehead atoms. The highest BCUT2D eigenvalue weighted by Gasteiger charge is 2.19. The van der Waals surface area contributed by atoms with Gasteiger partial charge in [-0.3, -0.25) is 14.6 Å². The molecule has 0 unspecified atom stereocenters. The molecule has 1 saturated heterocycles. The quantitative estimate of drug-likeness (QED) is 0.356. The molecule has 0 radical (unpaired) electrons. The highest BCUT2D eigenvalue weighted by molar-refractivity contribution is 7.21. The van der Waals surface area contributed by atoms with Crippen LogP contribution < -0.4 is 5.32 Å². The fraction of sp³-hybridized carbons (Fsp3) is 0.259. The number of benzene rings is 3. The van der Waals surface area contributed by atoms with E-state index in [-0.39, 0.29) is 10.9 Å². The Bertz CT molecular complexity index is 1350. The van der Waals surface area contributed by atoms with E-state index in [1.165, 1.54) is 16.3 Å². The Labute approximate surface area is 213 Å². The lowest BCUT2D eigenvalue weighted by atomic mass is 10.2. The Balaban J connectivity index is 1.11. The van der Waals surface area contributed by atoms with Crippen molar-refractivity contribution in [1.29, 1.82) is 0 Å². The number of hydrogen-bond acceptors (Lipinski definition) is 5. The molecule has 0 aliphatic carbocycles. The van der Waals surface area contributed by atoms with E-state index in [4.69, 9.17) is 16.6 Å². The summed E-state index contributed by atoms with van der Waals surface area (Å²) in [7, 11) is 0. The van der Waals surface area contributed by atoms with Crippen molar-refractivity contribution in [3.05, 3.63) is 82.6 Å². The molecule has 1 amide bonds. The van der Waals surface area contributed by atoms with Gasteiger partial charge in [0.15, 0.2) is 0 Å². The molecule has 8 heteroatoms. The Morgan fingerprint density at radius 3 is 2.51 bits per heavy atom. The number of halogens is 2. The molecule has 0 spiro atoms. The van der Waals surface area contributed by atoms with Crippen molar-refractivity contribution in [3.8, 4) is 10.6 Å². The summed E-state index contributed by atoms with van der Waals surface area (Å²) in [5.41, 5.74) is 5.05. The Hall–Kier alpha value is -2.84. The summed E-state index contributed by atoms with van der Waals surface area (Å²) in [5.74, 6) is -0.417. The summed E-state index contributed by atoms with van der Waals surface area (Å²) in [6, 6.07) is 19.0. The lowest BCUT2D eigenvalue weighted by Gasteiger charge is -2.34. The number of thiazole rings is 1. The Morgan fingerprint density at radius 2 is 1.77 bits per heavy atom. The average molecular weight is 509 g/mol. The number of hydrogen-bond donors (Lipinski definition) is 1. The van der Waals surface area contributed by atoms with Gasteiger partial charge in [0.25, 0.3) is 0 Å². The molecule has 1 aromatic heterocycles. The molecule has 35 heavy (non-hydrogen) atoms. The summed E-state index contributed by atoms with van der Waals surface area (Å²) in [6.07, 6.45) is 0. The van der Waals surface area contributed by atoms with E-state index in [0.717, 1.165) is 60.1 Å². The predicted molar refractivity (Wildman–Crippen MR) is 142 cm³/mol. The SMILES string of the molecule is Cc1ccc2nc(-c3ccc(NC(=O)CN4CCN(Cc5ccc(F)c(Cl)c5)CC4)cc3)sc2c1. The largest absolute Gasteiger partial charge is 0.325 e. The van der Waals surface area contributed by atoms with Gasteiger partial charge in [0.05, 0.1) is 21.8 Å². The molecule has 1 N–H and O–H groups in total. The highest BCUT2D eigenvalue weighted by atomic mass is 35.5. The van der Waals surface area contributed by atoms with Crippen LogP contribution in [0.2, 0.25) is 5.02 Å². The molecule has 1 aliphatic rings. The number of aryl methyl sites for hydroxylation is 1. The zero-order valence-electron chi connectivity index (χ0n) is 19.4. The topological polar surface area (TPSA) is 48.5 Å². The minimum atomic E-state index is -0.396. The van der Waals surface area contributed by atoms with Gasteiger partial charge in [-0.05, 0) is 66.6 Å². The number of carbonyl (C=O) groups is 1. The van der Waals surface area contributed by atoms with Crippen LogP contribution in [-0.2, 0) is 11.3 Å². The number of nitrogens with zero attached hydrogens (tertiary/aromatic N) is 3. The van der Waals surface area contributed by atoms with Crippen LogP contribution in [0.25, 0.3) is 20.8 Å². The lowest BCUT2D eigenvalue weighted by molar-refractivity contribution is -0.117. The molecule has 1 aliphatic heterocycles. The number of aromatic nitrogens is 1. The molecule has 180 valence electrons. The second kappa shape index (κ2) is 10.4. The van der Waals surface area contributed by atoms with Gasteiger partial charge >= 0.3 is 0 Å². The van der Waals surface area contributed by atoms with E-state index in [9.17, 15) is 9.18 Å². The second-order valence-electron chi connectivity index (χ2n) is 8.92. The van der Waals surface area contributed by atoms with Crippen molar-refractivity contribution in [2.75, 3.05) is 38.0 Å². The van der Waals surface area contributed by atoms with Gasteiger partial charge in [0.2, 0.25) is 5.91 Å². The summed E-state index contributed by atoms with van der Waals surface area (Å²) in [4.78, 5) is 21.8. The molecule has 3 aromatic carbocycles. The van der Waals surface area contributed by atoms with Crippen molar-refractivity contribution in [2.24, 2.45) is 0 Å². The minimum Gasteiger partial charge on any atom is -0.325 e. The van der Waals surface area contributed by atoms with Crippen molar-refractivity contribution >= 4 is 44.7 Å². The molecular formula is C27H26ClFN4OS. The van der Waals surface area contributed by atoms with Crippen LogP contribution in [0, 0.1) is 12.7 Å². The van der Waals surface area contributed by atoms with E-state index in [0.29, 0.717) is 6.54 Å². The third kappa shape index (κ3) is 5.87. The summed E-state index contributed by atoms with van der Waals surface area (Å²) < 4.78 is 14.5. The number of carbonyl (C=O) groups excluding carboxylic acids is 1. The van der Waals surface area contributed by atoms with Crippen molar-refractivity contribution < 1.29 is 9.18 Å². The monoisotopic (exact) mass is 508 g/mol. The first-order valence-electron chi connectivity index (χ1n) is 11.6. The number of nitrogens with one attached hydrogen (secondary N) is 1. The smallest absolute Gasteiger partial charge is 0.238 e. The highest BCUT2D eigenvalue weighted by Crippen LogP contribution is 2.31. The Kier molecular flexibility index (Phi) is 7.11. The fourth-order valence-electron chi connectivity index (χ4n) is 4.26. The molecule has 1 fully saturated rings.